The van der Waals surface area contributed by atoms with Gasteiger partial charge in [-0.15, -0.1) is 0 Å². The molecule has 5 heteroatoms. The van der Waals surface area contributed by atoms with Gasteiger partial charge in [0.2, 0.25) is 0 Å². The van der Waals surface area contributed by atoms with Crippen LogP contribution >= 0.6 is 11.8 Å². The zero-order chi connectivity index (χ0) is 13.1. The van der Waals surface area contributed by atoms with Crippen LogP contribution in [0.1, 0.15) is 33.1 Å². The first-order valence-corrected chi connectivity index (χ1v) is 9.34. The van der Waals surface area contributed by atoms with Crippen molar-refractivity contribution < 1.29 is 8.42 Å². The molecule has 1 aliphatic carbocycles. The molecule has 3 nitrogen and oxygen atoms in total. The molecule has 0 heterocycles. The summed E-state index contributed by atoms with van der Waals surface area (Å²) in [6, 6.07) is 0.487. The first kappa shape index (κ1) is 15.3. The van der Waals surface area contributed by atoms with Gasteiger partial charge in [0, 0.05) is 23.3 Å². The summed E-state index contributed by atoms with van der Waals surface area (Å²) in [6.45, 7) is 4.61. The van der Waals surface area contributed by atoms with Gasteiger partial charge in [-0.05, 0) is 25.3 Å². The molecule has 0 aromatic carbocycles. The normalized spacial score (nSPS) is 29.2. The van der Waals surface area contributed by atoms with Crippen molar-refractivity contribution in [3.8, 4) is 0 Å². The lowest BCUT2D eigenvalue weighted by molar-refractivity contribution is 0.182. The van der Waals surface area contributed by atoms with E-state index in [1.54, 1.807) is 0 Å². The summed E-state index contributed by atoms with van der Waals surface area (Å²) in [5, 5.41) is 3.97. The maximum absolute atomic E-state index is 11.1. The van der Waals surface area contributed by atoms with Crippen molar-refractivity contribution in [3.63, 3.8) is 0 Å². The number of sulfone groups is 1. The van der Waals surface area contributed by atoms with E-state index in [0.717, 1.165) is 5.75 Å². The number of hydrogen-bond donors (Lipinski definition) is 1. The minimum atomic E-state index is -2.82. The van der Waals surface area contributed by atoms with Crippen molar-refractivity contribution in [3.05, 3.63) is 0 Å². The van der Waals surface area contributed by atoms with Crippen LogP contribution in [-0.2, 0) is 9.84 Å². The van der Waals surface area contributed by atoms with Gasteiger partial charge in [-0.25, -0.2) is 8.42 Å². The van der Waals surface area contributed by atoms with Crippen molar-refractivity contribution >= 4 is 21.6 Å². The lowest BCUT2D eigenvalue weighted by atomic mass is 9.73. The Hall–Kier alpha value is 0.260. The Morgan fingerprint density at radius 3 is 2.59 bits per heavy atom. The Bertz CT molecular complexity index is 338. The summed E-state index contributed by atoms with van der Waals surface area (Å²) >= 11 is 1.82. The second-order valence-electron chi connectivity index (χ2n) is 5.69. The Kier molecular flexibility index (Phi) is 5.35. The van der Waals surface area contributed by atoms with Crippen LogP contribution in [0.3, 0.4) is 0 Å². The molecule has 102 valence electrons. The second kappa shape index (κ2) is 5.93. The predicted octanol–water partition coefficient (Wildman–Crippen LogP) is 1.93. The third-order valence-corrected chi connectivity index (χ3v) is 6.20. The molecule has 1 N–H and O–H groups in total. The third-order valence-electron chi connectivity index (χ3n) is 3.62. The molecular formula is C12H25NO2S2. The molecule has 2 unspecified atom stereocenters. The molecule has 0 radical (unpaired) electrons. The van der Waals surface area contributed by atoms with Crippen LogP contribution in [0.2, 0.25) is 0 Å². The fourth-order valence-corrected chi connectivity index (χ4v) is 5.62. The number of thioether (sulfide) groups is 1. The number of hydrogen-bond acceptors (Lipinski definition) is 4. The molecule has 0 spiro atoms. The van der Waals surface area contributed by atoms with Crippen LogP contribution < -0.4 is 5.32 Å². The summed E-state index contributed by atoms with van der Waals surface area (Å²) in [7, 11) is -0.803. The summed E-state index contributed by atoms with van der Waals surface area (Å²) < 4.78 is 22.2. The van der Waals surface area contributed by atoms with Crippen LogP contribution in [0.5, 0.6) is 0 Å². The van der Waals surface area contributed by atoms with Crippen molar-refractivity contribution in [2.75, 3.05) is 24.8 Å². The molecule has 0 saturated heterocycles. The number of nitrogens with one attached hydrogen (secondary N) is 1. The quantitative estimate of drug-likeness (QED) is 0.835. The van der Waals surface area contributed by atoms with Crippen LogP contribution in [-0.4, -0.2) is 44.5 Å². The lowest BCUT2D eigenvalue weighted by Gasteiger charge is -2.43. The van der Waals surface area contributed by atoms with Gasteiger partial charge in [0.1, 0.15) is 9.84 Å². The van der Waals surface area contributed by atoms with Gasteiger partial charge in [-0.1, -0.05) is 20.3 Å². The molecule has 1 aliphatic rings. The fourth-order valence-electron chi connectivity index (χ4n) is 2.69. The van der Waals surface area contributed by atoms with E-state index >= 15 is 0 Å². The van der Waals surface area contributed by atoms with E-state index in [0.29, 0.717) is 22.5 Å². The van der Waals surface area contributed by atoms with Gasteiger partial charge in [0.05, 0.1) is 5.75 Å². The van der Waals surface area contributed by atoms with Gasteiger partial charge < -0.3 is 5.32 Å². The van der Waals surface area contributed by atoms with Crippen LogP contribution in [0.4, 0.5) is 0 Å². The standard InChI is InChI=1S/C12H25NO2S2/c1-12(2)7-5-6-10(11(12)13-3)16-8-9-17(4,14)15/h10-11,13H,5-9H2,1-4H3. The second-order valence-corrected chi connectivity index (χ2v) is 9.29. The van der Waals surface area contributed by atoms with E-state index in [-0.39, 0.29) is 0 Å². The predicted molar refractivity (Wildman–Crippen MR) is 76.4 cm³/mol. The van der Waals surface area contributed by atoms with E-state index in [1.807, 2.05) is 18.8 Å². The van der Waals surface area contributed by atoms with Gasteiger partial charge in [0.15, 0.2) is 0 Å². The largest absolute Gasteiger partial charge is 0.315 e. The average molecular weight is 279 g/mol. The molecule has 0 aromatic rings. The Morgan fingerprint density at radius 2 is 2.06 bits per heavy atom. The Morgan fingerprint density at radius 1 is 1.41 bits per heavy atom. The topological polar surface area (TPSA) is 46.2 Å². The maximum Gasteiger partial charge on any atom is 0.148 e. The van der Waals surface area contributed by atoms with Gasteiger partial charge in [-0.3, -0.25) is 0 Å². The van der Waals surface area contributed by atoms with E-state index in [4.69, 9.17) is 0 Å². The lowest BCUT2D eigenvalue weighted by Crippen LogP contribution is -2.50. The van der Waals surface area contributed by atoms with Crippen molar-refractivity contribution in [1.29, 1.82) is 0 Å². The summed E-state index contributed by atoms with van der Waals surface area (Å²) in [4.78, 5) is 0. The van der Waals surface area contributed by atoms with Crippen LogP contribution in [0, 0.1) is 5.41 Å². The third kappa shape index (κ3) is 4.79. The number of rotatable bonds is 5. The first-order chi connectivity index (χ1) is 7.76. The average Bonchev–Trinajstić information content (AvgIpc) is 2.14. The molecule has 0 bridgehead atoms. The zero-order valence-electron chi connectivity index (χ0n) is 11.3. The maximum atomic E-state index is 11.1. The summed E-state index contributed by atoms with van der Waals surface area (Å²) in [5.41, 5.74) is 0.315. The molecule has 0 amide bonds. The molecule has 17 heavy (non-hydrogen) atoms. The van der Waals surface area contributed by atoms with E-state index in [1.165, 1.54) is 25.5 Å². The molecule has 2 atom stereocenters. The molecule has 1 fully saturated rings. The monoisotopic (exact) mass is 279 g/mol. The van der Waals surface area contributed by atoms with E-state index in [9.17, 15) is 8.42 Å². The highest BCUT2D eigenvalue weighted by molar-refractivity contribution is 8.01. The van der Waals surface area contributed by atoms with Crippen molar-refractivity contribution in [2.45, 2.75) is 44.4 Å². The Labute approximate surface area is 110 Å². The Balaban J connectivity index is 2.51. The van der Waals surface area contributed by atoms with E-state index in [2.05, 4.69) is 19.2 Å². The first-order valence-electron chi connectivity index (χ1n) is 6.23. The van der Waals surface area contributed by atoms with Gasteiger partial charge >= 0.3 is 0 Å². The highest BCUT2D eigenvalue weighted by Gasteiger charge is 2.37. The van der Waals surface area contributed by atoms with Crippen molar-refractivity contribution in [1.82, 2.24) is 5.32 Å². The van der Waals surface area contributed by atoms with Crippen molar-refractivity contribution in [2.24, 2.45) is 5.41 Å². The minimum Gasteiger partial charge on any atom is -0.315 e. The highest BCUT2D eigenvalue weighted by Crippen LogP contribution is 2.40. The summed E-state index contributed by atoms with van der Waals surface area (Å²) in [5.74, 6) is 1.02. The molecule has 1 rings (SSSR count). The summed E-state index contributed by atoms with van der Waals surface area (Å²) in [6.07, 6.45) is 5.01. The highest BCUT2D eigenvalue weighted by atomic mass is 32.2. The molecule has 0 aliphatic heterocycles. The zero-order valence-corrected chi connectivity index (χ0v) is 13.0. The van der Waals surface area contributed by atoms with Gasteiger partial charge in [-0.2, -0.15) is 11.8 Å². The molecule has 0 aromatic heterocycles. The fraction of sp³-hybridized carbons (Fsp3) is 1.00. The molecular weight excluding hydrogens is 254 g/mol. The van der Waals surface area contributed by atoms with E-state index < -0.39 is 9.84 Å². The minimum absolute atomic E-state index is 0.297. The van der Waals surface area contributed by atoms with Crippen LogP contribution in [0.25, 0.3) is 0 Å². The van der Waals surface area contributed by atoms with Gasteiger partial charge in [0.25, 0.3) is 0 Å². The SMILES string of the molecule is CNC1C(SCCS(C)(=O)=O)CCCC1(C)C. The van der Waals surface area contributed by atoms with Crippen LogP contribution in [0.15, 0.2) is 0 Å². The smallest absolute Gasteiger partial charge is 0.148 e. The molecule has 1 saturated carbocycles.